The van der Waals surface area contributed by atoms with Crippen molar-refractivity contribution < 1.29 is 4.39 Å². The fourth-order valence-corrected chi connectivity index (χ4v) is 3.48. The largest absolute Gasteiger partial charge is 0.361 e. The molecule has 0 aliphatic carbocycles. The summed E-state index contributed by atoms with van der Waals surface area (Å²) in [7, 11) is 0. The number of aromatic amines is 1. The Balaban J connectivity index is 2.26. The maximum absolute atomic E-state index is 13.7. The van der Waals surface area contributed by atoms with Gasteiger partial charge in [0, 0.05) is 26.1 Å². The monoisotopic (exact) mass is 407 g/mol. The molecule has 1 heterocycles. The van der Waals surface area contributed by atoms with Crippen molar-refractivity contribution in [2.24, 2.45) is 5.92 Å². The zero-order valence-corrected chi connectivity index (χ0v) is 15.1. The number of benzene rings is 2. The quantitative estimate of drug-likeness (QED) is 0.523. The summed E-state index contributed by atoms with van der Waals surface area (Å²) in [4.78, 5) is 3.29. The minimum absolute atomic E-state index is 0.170. The van der Waals surface area contributed by atoms with Crippen LogP contribution in [0.25, 0.3) is 10.9 Å². The van der Waals surface area contributed by atoms with Crippen LogP contribution < -0.4 is 0 Å². The van der Waals surface area contributed by atoms with E-state index in [1.54, 1.807) is 6.07 Å². The van der Waals surface area contributed by atoms with Crippen molar-refractivity contribution in [3.63, 3.8) is 0 Å². The molecule has 114 valence electrons. The molecule has 22 heavy (non-hydrogen) atoms. The summed E-state index contributed by atoms with van der Waals surface area (Å²) < 4.78 is 14.9. The zero-order chi connectivity index (χ0) is 15.9. The molecule has 0 amide bonds. The van der Waals surface area contributed by atoms with Crippen LogP contribution in [0.4, 0.5) is 4.39 Å². The van der Waals surface area contributed by atoms with Gasteiger partial charge in [0.25, 0.3) is 0 Å². The second-order valence-electron chi connectivity index (χ2n) is 6.26. The average molecular weight is 407 g/mol. The number of nitrogens with one attached hydrogen (secondary N) is 1. The van der Waals surface area contributed by atoms with Gasteiger partial charge in [0.15, 0.2) is 0 Å². The van der Waals surface area contributed by atoms with Crippen LogP contribution in [0, 0.1) is 15.3 Å². The molecule has 1 nitrogen and oxygen atoms in total. The van der Waals surface area contributed by atoms with Gasteiger partial charge in [-0.25, -0.2) is 4.39 Å². The summed E-state index contributed by atoms with van der Waals surface area (Å²) in [6.07, 6.45) is 2.03. The second kappa shape index (κ2) is 5.69. The van der Waals surface area contributed by atoms with E-state index in [-0.39, 0.29) is 11.2 Å². The van der Waals surface area contributed by atoms with Gasteiger partial charge in [-0.2, -0.15) is 0 Å². The van der Waals surface area contributed by atoms with Gasteiger partial charge in [-0.1, -0.05) is 32.9 Å². The lowest BCUT2D eigenvalue weighted by atomic mass is 9.68. The molecule has 1 N–H and O–H groups in total. The molecule has 0 aliphatic heterocycles. The van der Waals surface area contributed by atoms with Gasteiger partial charge in [-0.15, -0.1) is 0 Å². The third-order valence-electron chi connectivity index (χ3n) is 4.80. The average Bonchev–Trinajstić information content (AvgIpc) is 2.90. The van der Waals surface area contributed by atoms with Crippen LogP contribution >= 0.6 is 22.6 Å². The maximum Gasteiger partial charge on any atom is 0.123 e. The first kappa shape index (κ1) is 15.5. The van der Waals surface area contributed by atoms with E-state index < -0.39 is 0 Å². The van der Waals surface area contributed by atoms with Crippen molar-refractivity contribution in [2.75, 3.05) is 0 Å². The molecule has 1 atom stereocenters. The Morgan fingerprint density at radius 3 is 2.41 bits per heavy atom. The molecule has 3 rings (SSSR count). The van der Waals surface area contributed by atoms with Gasteiger partial charge in [0.05, 0.1) is 0 Å². The first-order valence-electron chi connectivity index (χ1n) is 7.46. The third-order valence-corrected chi connectivity index (χ3v) is 5.52. The number of hydrogen-bond donors (Lipinski definition) is 1. The van der Waals surface area contributed by atoms with Crippen molar-refractivity contribution in [1.29, 1.82) is 0 Å². The Hall–Kier alpha value is -1.36. The number of fused-ring (bicyclic) bond motifs is 1. The standard InChI is InChI=1S/C19H19FIN/c1-12(2)19(3,13-4-7-15(21)8-5-13)17-11-22-18-9-6-14(20)10-16(17)18/h4-12,22H,1-3H3. The molecular weight excluding hydrogens is 388 g/mol. The van der Waals surface area contributed by atoms with E-state index in [9.17, 15) is 4.39 Å². The van der Waals surface area contributed by atoms with Crippen LogP contribution in [0.1, 0.15) is 31.9 Å². The molecule has 2 aromatic carbocycles. The van der Waals surface area contributed by atoms with Crippen molar-refractivity contribution in [3.8, 4) is 0 Å². The van der Waals surface area contributed by atoms with Crippen molar-refractivity contribution in [3.05, 3.63) is 69.2 Å². The zero-order valence-electron chi connectivity index (χ0n) is 13.0. The Morgan fingerprint density at radius 1 is 1.09 bits per heavy atom. The first-order valence-corrected chi connectivity index (χ1v) is 8.54. The number of H-pyrrole nitrogens is 1. The minimum atomic E-state index is -0.193. The molecule has 0 saturated carbocycles. The van der Waals surface area contributed by atoms with Gasteiger partial charge >= 0.3 is 0 Å². The lowest BCUT2D eigenvalue weighted by Gasteiger charge is -2.34. The molecule has 1 unspecified atom stereocenters. The van der Waals surface area contributed by atoms with Gasteiger partial charge in [-0.3, -0.25) is 0 Å². The van der Waals surface area contributed by atoms with E-state index in [1.165, 1.54) is 15.2 Å². The van der Waals surface area contributed by atoms with Gasteiger partial charge in [-0.05, 0) is 70.0 Å². The topological polar surface area (TPSA) is 15.8 Å². The van der Waals surface area contributed by atoms with Crippen LogP contribution in [-0.2, 0) is 5.41 Å². The smallest absolute Gasteiger partial charge is 0.123 e. The lowest BCUT2D eigenvalue weighted by molar-refractivity contribution is 0.408. The minimum Gasteiger partial charge on any atom is -0.361 e. The third kappa shape index (κ3) is 2.45. The molecule has 0 bridgehead atoms. The SMILES string of the molecule is CC(C)C(C)(c1ccc(I)cc1)c1c[nH]c2ccc(F)cc12. The molecule has 0 radical (unpaired) electrons. The molecule has 0 aliphatic rings. The number of aromatic nitrogens is 1. The van der Waals surface area contributed by atoms with Gasteiger partial charge in [0.1, 0.15) is 5.82 Å². The van der Waals surface area contributed by atoms with Crippen molar-refractivity contribution >= 4 is 33.5 Å². The molecule has 0 fully saturated rings. The summed E-state index contributed by atoms with van der Waals surface area (Å²) in [5.74, 6) is 0.192. The molecule has 3 heteroatoms. The summed E-state index contributed by atoms with van der Waals surface area (Å²) in [6.45, 7) is 6.68. The van der Waals surface area contributed by atoms with Crippen LogP contribution in [-0.4, -0.2) is 4.98 Å². The van der Waals surface area contributed by atoms with E-state index in [2.05, 4.69) is 72.6 Å². The van der Waals surface area contributed by atoms with E-state index in [0.29, 0.717) is 5.92 Å². The Labute approximate surface area is 144 Å². The van der Waals surface area contributed by atoms with Crippen LogP contribution in [0.5, 0.6) is 0 Å². The van der Waals surface area contributed by atoms with Crippen LogP contribution in [0.2, 0.25) is 0 Å². The fraction of sp³-hybridized carbons (Fsp3) is 0.263. The Kier molecular flexibility index (Phi) is 4.02. The lowest BCUT2D eigenvalue weighted by Crippen LogP contribution is -2.29. The summed E-state index contributed by atoms with van der Waals surface area (Å²) in [5, 5.41) is 0.967. The highest BCUT2D eigenvalue weighted by molar-refractivity contribution is 14.1. The summed E-state index contributed by atoms with van der Waals surface area (Å²) >= 11 is 2.32. The van der Waals surface area contributed by atoms with E-state index in [4.69, 9.17) is 0 Å². The molecule has 0 saturated heterocycles. The van der Waals surface area contributed by atoms with E-state index >= 15 is 0 Å². The molecule has 1 aromatic heterocycles. The fourth-order valence-electron chi connectivity index (χ4n) is 3.12. The Bertz CT molecular complexity index is 804. The maximum atomic E-state index is 13.7. The normalized spacial score (nSPS) is 14.5. The highest BCUT2D eigenvalue weighted by Crippen LogP contribution is 2.42. The predicted molar refractivity (Wildman–Crippen MR) is 98.7 cm³/mol. The van der Waals surface area contributed by atoms with E-state index in [0.717, 1.165) is 16.5 Å². The number of hydrogen-bond acceptors (Lipinski definition) is 0. The highest BCUT2D eigenvalue weighted by Gasteiger charge is 2.34. The van der Waals surface area contributed by atoms with Gasteiger partial charge in [0.2, 0.25) is 0 Å². The summed E-state index contributed by atoms with van der Waals surface area (Å²) in [5.41, 5.74) is 3.22. The van der Waals surface area contributed by atoms with Gasteiger partial charge < -0.3 is 4.98 Å². The number of rotatable bonds is 3. The first-order chi connectivity index (χ1) is 10.4. The molecule has 3 aromatic rings. The second-order valence-corrected chi connectivity index (χ2v) is 7.50. The van der Waals surface area contributed by atoms with Crippen molar-refractivity contribution in [2.45, 2.75) is 26.2 Å². The molecule has 0 spiro atoms. The predicted octanol–water partition coefficient (Wildman–Crippen LogP) is 5.87. The number of halogens is 2. The van der Waals surface area contributed by atoms with E-state index in [1.807, 2.05) is 12.3 Å². The highest BCUT2D eigenvalue weighted by atomic mass is 127. The summed E-state index contributed by atoms with van der Waals surface area (Å²) in [6, 6.07) is 13.6. The molecular formula is C19H19FIN. The van der Waals surface area contributed by atoms with Crippen LogP contribution in [0.3, 0.4) is 0 Å². The van der Waals surface area contributed by atoms with Crippen molar-refractivity contribution in [1.82, 2.24) is 4.98 Å². The van der Waals surface area contributed by atoms with Crippen LogP contribution in [0.15, 0.2) is 48.7 Å². The Morgan fingerprint density at radius 2 is 1.77 bits per heavy atom.